The highest BCUT2D eigenvalue weighted by Crippen LogP contribution is 2.45. The number of carbonyl (C=O) groups excluding carboxylic acids is 1. The predicted octanol–water partition coefficient (Wildman–Crippen LogP) is 7.29. The topological polar surface area (TPSA) is 88.1 Å². The highest BCUT2D eigenvalue weighted by Gasteiger charge is 2.27. The predicted molar refractivity (Wildman–Crippen MR) is 137 cm³/mol. The van der Waals surface area contributed by atoms with Crippen LogP contribution in [-0.4, -0.2) is 33.1 Å². The molecule has 0 aliphatic rings. The largest absolute Gasteiger partial charge is 0.507 e. The quantitative estimate of drug-likeness (QED) is 0.232. The number of phenols is 1. The van der Waals surface area contributed by atoms with Gasteiger partial charge in [0, 0.05) is 16.7 Å². The van der Waals surface area contributed by atoms with Crippen molar-refractivity contribution >= 4 is 28.6 Å². The summed E-state index contributed by atoms with van der Waals surface area (Å²) in [5.74, 6) is -0.632. The fraction of sp³-hybridized carbons (Fsp3) is 0.519. The highest BCUT2D eigenvalue weighted by atomic mass is 35.5. The van der Waals surface area contributed by atoms with E-state index in [-0.39, 0.29) is 17.1 Å². The summed E-state index contributed by atoms with van der Waals surface area (Å²) in [6.07, 6.45) is 6.81. The second kappa shape index (κ2) is 11.2. The lowest BCUT2D eigenvalue weighted by Gasteiger charge is -2.25. The number of phenolic OH excluding ortho intramolecular Hbond substituents is 1. The normalized spacial score (nSPS) is 12.8. The maximum Gasteiger partial charge on any atom is 0.313 e. The summed E-state index contributed by atoms with van der Waals surface area (Å²) in [6.45, 7) is 10.5. The van der Waals surface area contributed by atoms with E-state index in [1.807, 2.05) is 39.8 Å². The first-order valence-corrected chi connectivity index (χ1v) is 12.6. The molecule has 6 nitrogen and oxygen atoms in total. The zero-order chi connectivity index (χ0) is 24.9. The molecular weight excluding hydrogens is 450 g/mol. The van der Waals surface area contributed by atoms with E-state index in [9.17, 15) is 9.90 Å². The van der Waals surface area contributed by atoms with Crippen molar-refractivity contribution in [1.29, 1.82) is 0 Å². The first-order valence-electron chi connectivity index (χ1n) is 12.2. The number of carbonyl (C=O) groups is 1. The molecule has 0 radical (unpaired) electrons. The Bertz CT molecular complexity index is 1130. The molecule has 184 valence electrons. The molecule has 0 fully saturated rings. The lowest BCUT2D eigenvalue weighted by molar-refractivity contribution is -0.145. The average molecular weight is 486 g/mol. The minimum atomic E-state index is -0.490. The molecular formula is C27H36ClN3O3. The third-order valence-corrected chi connectivity index (χ3v) is 6.56. The molecule has 2 aromatic carbocycles. The molecule has 1 unspecified atom stereocenters. The van der Waals surface area contributed by atoms with Gasteiger partial charge >= 0.3 is 5.97 Å². The Morgan fingerprint density at radius 1 is 1.12 bits per heavy atom. The average Bonchev–Trinajstić information content (AvgIpc) is 3.26. The molecule has 0 aliphatic carbocycles. The third kappa shape index (κ3) is 5.90. The summed E-state index contributed by atoms with van der Waals surface area (Å²) >= 11 is 6.57. The number of H-pyrrole nitrogens is 1. The van der Waals surface area contributed by atoms with E-state index in [0.29, 0.717) is 33.8 Å². The van der Waals surface area contributed by atoms with E-state index in [1.165, 1.54) is 25.7 Å². The number of hydrogen-bond donors (Lipinski definition) is 2. The Balaban J connectivity index is 1.90. The summed E-state index contributed by atoms with van der Waals surface area (Å²) in [5.41, 5.74) is 3.47. The van der Waals surface area contributed by atoms with E-state index in [2.05, 4.69) is 22.3 Å². The number of fused-ring (bicyclic) bond motifs is 1. The maximum atomic E-state index is 12.9. The SMILES string of the molecule is CCCCCCCCOC(=O)C(C)c1cc(-c2c(Cl)ccc3n[nH]nc23)c(O)c(C(C)(C)C)c1. The molecule has 0 bridgehead atoms. The van der Waals surface area contributed by atoms with Gasteiger partial charge in [0.2, 0.25) is 0 Å². The van der Waals surface area contributed by atoms with Crippen molar-refractivity contribution in [2.24, 2.45) is 0 Å². The number of benzene rings is 2. The summed E-state index contributed by atoms with van der Waals surface area (Å²) in [7, 11) is 0. The van der Waals surface area contributed by atoms with Crippen LogP contribution in [0.1, 0.15) is 90.2 Å². The van der Waals surface area contributed by atoms with Crippen LogP contribution < -0.4 is 0 Å². The van der Waals surface area contributed by atoms with Crippen molar-refractivity contribution in [3.8, 4) is 16.9 Å². The van der Waals surface area contributed by atoms with Gasteiger partial charge in [0.1, 0.15) is 16.8 Å². The number of rotatable bonds is 10. The third-order valence-electron chi connectivity index (χ3n) is 6.24. The van der Waals surface area contributed by atoms with Crippen molar-refractivity contribution in [2.75, 3.05) is 6.61 Å². The number of aromatic nitrogens is 3. The summed E-state index contributed by atoms with van der Waals surface area (Å²) in [6, 6.07) is 7.23. The van der Waals surface area contributed by atoms with Crippen LogP contribution in [0.25, 0.3) is 22.2 Å². The van der Waals surface area contributed by atoms with Crippen LogP contribution in [0.15, 0.2) is 24.3 Å². The molecule has 2 N–H and O–H groups in total. The number of unbranched alkanes of at least 4 members (excludes halogenated alkanes) is 5. The van der Waals surface area contributed by atoms with Crippen molar-refractivity contribution in [2.45, 2.75) is 84.5 Å². The first-order chi connectivity index (χ1) is 16.1. The molecule has 1 aromatic heterocycles. The van der Waals surface area contributed by atoms with Crippen LogP contribution in [0.5, 0.6) is 5.75 Å². The van der Waals surface area contributed by atoms with Crippen LogP contribution >= 0.6 is 11.6 Å². The van der Waals surface area contributed by atoms with Crippen LogP contribution in [0, 0.1) is 0 Å². The molecule has 0 saturated carbocycles. The van der Waals surface area contributed by atoms with E-state index in [0.717, 1.165) is 24.0 Å². The van der Waals surface area contributed by atoms with Crippen molar-refractivity contribution in [3.63, 3.8) is 0 Å². The fourth-order valence-corrected chi connectivity index (χ4v) is 4.38. The molecule has 0 spiro atoms. The van der Waals surface area contributed by atoms with Gasteiger partial charge in [0.15, 0.2) is 0 Å². The van der Waals surface area contributed by atoms with Gasteiger partial charge in [-0.2, -0.15) is 15.4 Å². The van der Waals surface area contributed by atoms with Crippen molar-refractivity contribution in [3.05, 3.63) is 40.4 Å². The zero-order valence-electron chi connectivity index (χ0n) is 20.9. The lowest BCUT2D eigenvalue weighted by atomic mass is 9.81. The minimum absolute atomic E-state index is 0.126. The summed E-state index contributed by atoms with van der Waals surface area (Å²) in [4.78, 5) is 12.9. The Hall–Kier alpha value is -2.60. The number of aromatic amines is 1. The molecule has 7 heteroatoms. The monoisotopic (exact) mass is 485 g/mol. The molecule has 1 atom stereocenters. The van der Waals surface area contributed by atoms with Gasteiger partial charge in [-0.15, -0.1) is 0 Å². The van der Waals surface area contributed by atoms with Crippen molar-refractivity contribution < 1.29 is 14.6 Å². The van der Waals surface area contributed by atoms with Crippen LogP contribution in [0.4, 0.5) is 0 Å². The number of esters is 1. The zero-order valence-corrected chi connectivity index (χ0v) is 21.6. The van der Waals surface area contributed by atoms with E-state index >= 15 is 0 Å². The van der Waals surface area contributed by atoms with Gasteiger partial charge in [-0.25, -0.2) is 0 Å². The van der Waals surface area contributed by atoms with Crippen LogP contribution in [0.2, 0.25) is 5.02 Å². The van der Waals surface area contributed by atoms with Gasteiger partial charge in [0.25, 0.3) is 0 Å². The smallest absolute Gasteiger partial charge is 0.313 e. The molecule has 3 rings (SSSR count). The molecule has 3 aromatic rings. The van der Waals surface area contributed by atoms with Gasteiger partial charge in [0.05, 0.1) is 17.5 Å². The Labute approximate surface area is 207 Å². The van der Waals surface area contributed by atoms with Crippen LogP contribution in [-0.2, 0) is 14.9 Å². The number of ether oxygens (including phenoxy) is 1. The molecule has 0 amide bonds. The first kappa shape index (κ1) is 26.0. The van der Waals surface area contributed by atoms with E-state index in [1.54, 1.807) is 12.1 Å². The Morgan fingerprint density at radius 2 is 1.82 bits per heavy atom. The second-order valence-corrected chi connectivity index (χ2v) is 10.4. The Morgan fingerprint density at radius 3 is 2.53 bits per heavy atom. The number of halogens is 1. The minimum Gasteiger partial charge on any atom is -0.507 e. The van der Waals surface area contributed by atoms with Gasteiger partial charge in [-0.1, -0.05) is 77.5 Å². The molecule has 1 heterocycles. The maximum absolute atomic E-state index is 12.9. The number of nitrogens with one attached hydrogen (secondary N) is 1. The molecule has 34 heavy (non-hydrogen) atoms. The Kier molecular flexibility index (Phi) is 8.58. The lowest BCUT2D eigenvalue weighted by Crippen LogP contribution is -2.17. The van der Waals surface area contributed by atoms with Gasteiger partial charge < -0.3 is 9.84 Å². The molecule has 0 saturated heterocycles. The van der Waals surface area contributed by atoms with Gasteiger partial charge in [-0.3, -0.25) is 4.79 Å². The van der Waals surface area contributed by atoms with Gasteiger partial charge in [-0.05, 0) is 42.5 Å². The van der Waals surface area contributed by atoms with E-state index < -0.39 is 5.92 Å². The fourth-order valence-electron chi connectivity index (χ4n) is 4.13. The van der Waals surface area contributed by atoms with Crippen molar-refractivity contribution in [1.82, 2.24) is 15.4 Å². The standard InChI is InChI=1S/C27H36ClN3O3/c1-6-7-8-9-10-11-14-34-26(33)17(2)18-15-19(25(32)20(16-18)27(3,4)5)23-21(28)12-13-22-24(23)30-31-29-22/h12-13,15-17,32H,6-11,14H2,1-5H3,(H,29,30,31). The second-order valence-electron chi connectivity index (χ2n) is 9.99. The van der Waals surface area contributed by atoms with Crippen LogP contribution in [0.3, 0.4) is 0 Å². The summed E-state index contributed by atoms with van der Waals surface area (Å²) in [5, 5.41) is 22.7. The highest BCUT2D eigenvalue weighted by molar-refractivity contribution is 6.35. The van der Waals surface area contributed by atoms with E-state index in [4.69, 9.17) is 16.3 Å². The number of aromatic hydroxyl groups is 1. The summed E-state index contributed by atoms with van der Waals surface area (Å²) < 4.78 is 5.59. The molecule has 0 aliphatic heterocycles. The number of hydrogen-bond acceptors (Lipinski definition) is 5. The number of nitrogens with zero attached hydrogens (tertiary/aromatic N) is 2.